The number of anilines is 4. The number of carbonyl (C=O) groups is 6. The fourth-order valence-electron chi connectivity index (χ4n) is 11.3. The van der Waals surface area contributed by atoms with Crippen molar-refractivity contribution >= 4 is 92.7 Å². The minimum Gasteiger partial charge on any atom is -0.371 e. The van der Waals surface area contributed by atoms with Crippen molar-refractivity contribution in [2.24, 2.45) is 11.8 Å². The third kappa shape index (κ3) is 9.47. The third-order valence-corrected chi connectivity index (χ3v) is 16.3. The molecule has 11 rings (SSSR count). The average Bonchev–Trinajstić information content (AvgIpc) is 3.92. The van der Waals surface area contributed by atoms with Crippen molar-refractivity contribution in [2.45, 2.75) is 75.9 Å². The number of piperazine rings is 1. The first-order valence-corrected chi connectivity index (χ1v) is 25.9. The standard InChI is InChI=1S/C52H56Cl2N12O6/c53-40-2-1-3-41(54)44(40)49(69)59-34-26-37(27-34)65-30-57-45-46(55-29-56-47(45)65)58-33-4-6-35(7-5-33)63-24-22-61(23-25-63)17-12-31-13-18-64(19-14-31)50(70)32-15-20-62(21-16-32)36-8-9-38-39(28-36)52(72)66(51(38)71)42-10-11-43(67)60-48(42)68/h1-9,28-32,34,37,42H,10-27H2,(H,59,69)(H,55,56,58)(H,60,67,68)/t34?,37?,42-/m0/s1. The van der Waals surface area contributed by atoms with Crippen LogP contribution in [0, 0.1) is 11.8 Å². The van der Waals surface area contributed by atoms with E-state index in [1.54, 1.807) is 43.0 Å². The molecule has 5 aromatic rings. The van der Waals surface area contributed by atoms with Gasteiger partial charge in [0.25, 0.3) is 17.7 Å². The first kappa shape index (κ1) is 47.7. The van der Waals surface area contributed by atoms with Crippen LogP contribution >= 0.6 is 23.2 Å². The zero-order valence-electron chi connectivity index (χ0n) is 39.8. The Kier molecular flexibility index (Phi) is 13.3. The number of rotatable bonds is 12. The molecule has 5 fully saturated rings. The number of imidazole rings is 1. The fraction of sp³-hybridized carbons (Fsp3) is 0.442. The van der Waals surface area contributed by atoms with Gasteiger partial charge in [0, 0.05) is 93.8 Å². The number of carbonyl (C=O) groups excluding carboxylic acids is 6. The van der Waals surface area contributed by atoms with Crippen molar-refractivity contribution in [3.05, 3.63) is 100 Å². The van der Waals surface area contributed by atoms with Gasteiger partial charge >= 0.3 is 0 Å². The Balaban J connectivity index is 0.591. The Bertz CT molecular complexity index is 2920. The molecular weight excluding hydrogens is 960 g/mol. The molecule has 6 amide bonds. The number of nitrogens with one attached hydrogen (secondary N) is 3. The van der Waals surface area contributed by atoms with Crippen molar-refractivity contribution < 1.29 is 28.8 Å². The van der Waals surface area contributed by atoms with E-state index in [-0.39, 0.29) is 53.8 Å². The largest absolute Gasteiger partial charge is 0.371 e. The summed E-state index contributed by atoms with van der Waals surface area (Å²) < 4.78 is 2.05. The van der Waals surface area contributed by atoms with E-state index >= 15 is 0 Å². The quantitative estimate of drug-likeness (QED) is 0.122. The summed E-state index contributed by atoms with van der Waals surface area (Å²) in [7, 11) is 0. The SMILES string of the molecule is O=C1CC[C@H](N2C(=O)c3ccc(N4CCC(C(=O)N5CCC(CCN6CCN(c7ccc(Nc8ncnc9c8ncn9C8CC(NC(=O)c9c(Cl)cccc9Cl)C8)cc7)CC6)CC5)CC4)cc3C2=O)C(=O)N1. The highest BCUT2D eigenvalue weighted by atomic mass is 35.5. The average molecular weight is 1020 g/mol. The molecule has 20 heteroatoms. The molecule has 5 aliphatic heterocycles. The van der Waals surface area contributed by atoms with Gasteiger partial charge in [-0.2, -0.15) is 0 Å². The van der Waals surface area contributed by atoms with Crippen molar-refractivity contribution in [1.29, 1.82) is 0 Å². The molecule has 3 N–H and O–H groups in total. The number of benzene rings is 3. The van der Waals surface area contributed by atoms with Crippen LogP contribution in [0.1, 0.15) is 94.9 Å². The summed E-state index contributed by atoms with van der Waals surface area (Å²) in [6.45, 7) is 7.90. The molecule has 0 radical (unpaired) electrons. The minimum absolute atomic E-state index is 0.0166. The van der Waals surface area contributed by atoms with Gasteiger partial charge in [0.05, 0.1) is 33.1 Å². The number of likely N-dealkylation sites (tertiary alicyclic amines) is 1. The zero-order chi connectivity index (χ0) is 49.6. The second-order valence-electron chi connectivity index (χ2n) is 19.9. The number of piperidine rings is 3. The van der Waals surface area contributed by atoms with Crippen molar-refractivity contribution in [1.82, 2.24) is 44.9 Å². The lowest BCUT2D eigenvalue weighted by atomic mass is 9.86. The maximum absolute atomic E-state index is 13.7. The summed E-state index contributed by atoms with van der Waals surface area (Å²) in [5.41, 5.74) is 5.14. The van der Waals surface area contributed by atoms with Gasteiger partial charge in [0.2, 0.25) is 17.7 Å². The Morgan fingerprint density at radius 1 is 0.736 bits per heavy atom. The van der Waals surface area contributed by atoms with Crippen molar-refractivity contribution in [3.8, 4) is 0 Å². The van der Waals surface area contributed by atoms with Gasteiger partial charge in [0.1, 0.15) is 12.4 Å². The van der Waals surface area contributed by atoms with Crippen LogP contribution in [0.15, 0.2) is 73.3 Å². The lowest BCUT2D eigenvalue weighted by Crippen LogP contribution is -2.54. The fourth-order valence-corrected chi connectivity index (χ4v) is 11.9. The normalized spacial score (nSPS) is 22.3. The number of imide groups is 2. The van der Waals surface area contributed by atoms with E-state index in [9.17, 15) is 28.8 Å². The zero-order valence-corrected chi connectivity index (χ0v) is 41.3. The second-order valence-corrected chi connectivity index (χ2v) is 20.7. The van der Waals surface area contributed by atoms with E-state index < -0.39 is 29.7 Å². The van der Waals surface area contributed by atoms with E-state index in [0.29, 0.717) is 46.0 Å². The van der Waals surface area contributed by atoms with Crippen LogP contribution in [-0.4, -0.2) is 141 Å². The van der Waals surface area contributed by atoms with Crippen LogP contribution in [0.3, 0.4) is 0 Å². The molecule has 2 aromatic heterocycles. The van der Waals surface area contributed by atoms with Crippen molar-refractivity contribution in [2.75, 3.05) is 74.0 Å². The van der Waals surface area contributed by atoms with Gasteiger partial charge < -0.3 is 29.9 Å². The van der Waals surface area contributed by atoms with Crippen molar-refractivity contribution in [3.63, 3.8) is 0 Å². The highest BCUT2D eigenvalue weighted by molar-refractivity contribution is 6.39. The molecule has 18 nitrogen and oxygen atoms in total. The van der Waals surface area contributed by atoms with E-state index in [1.807, 2.05) is 6.07 Å². The Morgan fingerprint density at radius 2 is 1.43 bits per heavy atom. The van der Waals surface area contributed by atoms with Crippen LogP contribution in [0.4, 0.5) is 22.9 Å². The molecule has 4 saturated heterocycles. The summed E-state index contributed by atoms with van der Waals surface area (Å²) in [4.78, 5) is 101. The van der Waals surface area contributed by atoms with E-state index in [1.165, 1.54) is 5.69 Å². The smallest absolute Gasteiger partial charge is 0.262 e. The van der Waals surface area contributed by atoms with Gasteiger partial charge in [-0.05, 0) is 118 Å². The predicted octanol–water partition coefficient (Wildman–Crippen LogP) is 6.08. The summed E-state index contributed by atoms with van der Waals surface area (Å²) in [6.07, 6.45) is 9.60. The Hall–Kier alpha value is -6.63. The summed E-state index contributed by atoms with van der Waals surface area (Å²) in [5.74, 6) is -0.903. The molecule has 1 aliphatic carbocycles. The monoisotopic (exact) mass is 1010 g/mol. The number of fused-ring (bicyclic) bond motifs is 2. The molecule has 7 heterocycles. The molecule has 3 aromatic carbocycles. The first-order valence-electron chi connectivity index (χ1n) is 25.1. The Labute approximate surface area is 426 Å². The highest BCUT2D eigenvalue weighted by Gasteiger charge is 2.45. The molecule has 6 aliphatic rings. The first-order chi connectivity index (χ1) is 34.9. The molecule has 0 unspecified atom stereocenters. The Morgan fingerprint density at radius 3 is 2.15 bits per heavy atom. The molecule has 0 spiro atoms. The van der Waals surface area contributed by atoms with Gasteiger partial charge in [-0.25, -0.2) is 15.0 Å². The number of hydrogen-bond donors (Lipinski definition) is 3. The van der Waals surface area contributed by atoms with Gasteiger partial charge in [0.15, 0.2) is 17.0 Å². The topological polar surface area (TPSA) is 198 Å². The van der Waals surface area contributed by atoms with Crippen LogP contribution in [0.2, 0.25) is 10.0 Å². The van der Waals surface area contributed by atoms with Crippen LogP contribution < -0.4 is 25.8 Å². The summed E-state index contributed by atoms with van der Waals surface area (Å²) >= 11 is 12.5. The summed E-state index contributed by atoms with van der Waals surface area (Å²) in [5, 5.41) is 9.38. The number of aromatic nitrogens is 4. The molecule has 1 saturated carbocycles. The lowest BCUT2D eigenvalue weighted by Gasteiger charge is -2.39. The van der Waals surface area contributed by atoms with Crippen LogP contribution in [0.5, 0.6) is 0 Å². The van der Waals surface area contributed by atoms with E-state index in [2.05, 4.69) is 79.3 Å². The van der Waals surface area contributed by atoms with Gasteiger partial charge in [-0.15, -0.1) is 0 Å². The maximum atomic E-state index is 13.7. The third-order valence-electron chi connectivity index (χ3n) is 15.7. The predicted molar refractivity (Wildman–Crippen MR) is 272 cm³/mol. The van der Waals surface area contributed by atoms with Crippen LogP contribution in [-0.2, 0) is 14.4 Å². The van der Waals surface area contributed by atoms with Crippen LogP contribution in [0.25, 0.3) is 11.2 Å². The second kappa shape index (κ2) is 20.1. The highest BCUT2D eigenvalue weighted by Crippen LogP contribution is 2.37. The summed E-state index contributed by atoms with van der Waals surface area (Å²) in [6, 6.07) is 17.8. The molecule has 0 bridgehead atoms. The molecule has 374 valence electrons. The maximum Gasteiger partial charge on any atom is 0.262 e. The van der Waals surface area contributed by atoms with Gasteiger partial charge in [-0.1, -0.05) is 29.3 Å². The van der Waals surface area contributed by atoms with Gasteiger partial charge in [-0.3, -0.25) is 43.9 Å². The number of amides is 6. The number of hydrogen-bond acceptors (Lipinski definition) is 13. The lowest BCUT2D eigenvalue weighted by molar-refractivity contribution is -0.138. The van der Waals surface area contributed by atoms with E-state index in [4.69, 9.17) is 23.2 Å². The molecule has 1 atom stereocenters. The minimum atomic E-state index is -0.998. The van der Waals surface area contributed by atoms with E-state index in [0.717, 1.165) is 113 Å². The molecule has 72 heavy (non-hydrogen) atoms. The number of nitrogens with zero attached hydrogens (tertiary/aromatic N) is 9. The number of halogens is 2. The molecular formula is C52H56Cl2N12O6.